The first-order valence-corrected chi connectivity index (χ1v) is 8.53. The number of rotatable bonds is 4. The third-order valence-electron chi connectivity index (χ3n) is 6.21. The first-order valence-electron chi connectivity index (χ1n) is 8.53. The van der Waals surface area contributed by atoms with Crippen LogP contribution < -0.4 is 10.2 Å². The predicted molar refractivity (Wildman–Crippen MR) is 85.2 cm³/mol. The number of anilines is 1. The molecule has 4 fully saturated rings. The summed E-state index contributed by atoms with van der Waals surface area (Å²) in [5.74, 6) is 5.05. The highest BCUT2D eigenvalue weighted by Crippen LogP contribution is 2.53. The Balaban J connectivity index is 1.43. The van der Waals surface area contributed by atoms with Gasteiger partial charge in [0.1, 0.15) is 0 Å². The second-order valence-corrected chi connectivity index (χ2v) is 7.84. The van der Waals surface area contributed by atoms with Gasteiger partial charge in [0.15, 0.2) is 0 Å². The van der Waals surface area contributed by atoms with Crippen LogP contribution in [0.4, 0.5) is 5.95 Å². The van der Waals surface area contributed by atoms with Crippen LogP contribution >= 0.6 is 0 Å². The molecule has 5 rings (SSSR count). The molecule has 4 heteroatoms. The van der Waals surface area contributed by atoms with E-state index in [4.69, 9.17) is 0 Å². The van der Waals surface area contributed by atoms with Gasteiger partial charge in [-0.15, -0.1) is 0 Å². The summed E-state index contributed by atoms with van der Waals surface area (Å²) in [6.07, 6.45) is 9.50. The summed E-state index contributed by atoms with van der Waals surface area (Å²) in [6.45, 7) is 0.963. The number of hydrogen-bond donors (Lipinski definition) is 1. The van der Waals surface area contributed by atoms with Gasteiger partial charge in [0.05, 0.1) is 11.9 Å². The van der Waals surface area contributed by atoms with Crippen molar-refractivity contribution in [3.8, 4) is 0 Å². The van der Waals surface area contributed by atoms with Gasteiger partial charge in [-0.1, -0.05) is 0 Å². The van der Waals surface area contributed by atoms with Crippen LogP contribution in [0.1, 0.15) is 37.8 Å². The molecule has 0 atom stereocenters. The number of nitrogens with zero attached hydrogens (tertiary/aromatic N) is 3. The van der Waals surface area contributed by atoms with Crippen LogP contribution in [0.15, 0.2) is 6.20 Å². The highest BCUT2D eigenvalue weighted by molar-refractivity contribution is 5.30. The summed E-state index contributed by atoms with van der Waals surface area (Å²) in [7, 11) is 6.23. The number of aromatic nitrogens is 2. The largest absolute Gasteiger partial charge is 0.348 e. The number of imidazole rings is 1. The minimum absolute atomic E-state index is 0.760. The molecule has 0 radical (unpaired) electrons. The van der Waals surface area contributed by atoms with Crippen LogP contribution in [0.3, 0.4) is 0 Å². The van der Waals surface area contributed by atoms with E-state index in [1.807, 2.05) is 6.20 Å². The van der Waals surface area contributed by atoms with E-state index >= 15 is 0 Å². The van der Waals surface area contributed by atoms with E-state index in [-0.39, 0.29) is 0 Å². The molecular weight excluding hydrogens is 260 g/mol. The van der Waals surface area contributed by atoms with Crippen molar-refractivity contribution < 1.29 is 0 Å². The zero-order chi connectivity index (χ0) is 14.6. The average molecular weight is 288 g/mol. The Bertz CT molecular complexity index is 491. The minimum Gasteiger partial charge on any atom is -0.348 e. The van der Waals surface area contributed by atoms with E-state index in [9.17, 15) is 0 Å². The average Bonchev–Trinajstić information content (AvgIpc) is 2.79. The molecule has 1 aromatic heterocycles. The minimum atomic E-state index is 0.760. The van der Waals surface area contributed by atoms with Gasteiger partial charge in [0.25, 0.3) is 0 Å². The van der Waals surface area contributed by atoms with Crippen LogP contribution in [-0.2, 0) is 13.6 Å². The second kappa shape index (κ2) is 5.01. The van der Waals surface area contributed by atoms with Crippen LogP contribution in [0.25, 0.3) is 0 Å². The molecule has 0 aliphatic heterocycles. The third-order valence-corrected chi connectivity index (χ3v) is 6.21. The fourth-order valence-electron chi connectivity index (χ4n) is 5.49. The van der Waals surface area contributed by atoms with Crippen molar-refractivity contribution in [3.05, 3.63) is 11.9 Å². The zero-order valence-electron chi connectivity index (χ0n) is 13.5. The molecule has 0 amide bonds. The van der Waals surface area contributed by atoms with E-state index in [0.717, 1.165) is 42.2 Å². The van der Waals surface area contributed by atoms with Gasteiger partial charge >= 0.3 is 0 Å². The van der Waals surface area contributed by atoms with E-state index in [2.05, 4.69) is 40.9 Å². The second-order valence-electron chi connectivity index (χ2n) is 7.84. The first-order chi connectivity index (χ1) is 10.1. The first kappa shape index (κ1) is 13.6. The monoisotopic (exact) mass is 288 g/mol. The quantitative estimate of drug-likeness (QED) is 0.923. The Kier molecular flexibility index (Phi) is 3.25. The van der Waals surface area contributed by atoms with Gasteiger partial charge in [-0.05, 0) is 55.8 Å². The fourth-order valence-corrected chi connectivity index (χ4v) is 5.49. The molecule has 1 aromatic rings. The number of nitrogens with one attached hydrogen (secondary N) is 1. The molecule has 4 aliphatic carbocycles. The Morgan fingerprint density at radius 2 is 1.76 bits per heavy atom. The lowest BCUT2D eigenvalue weighted by atomic mass is 9.54. The molecule has 0 spiro atoms. The summed E-state index contributed by atoms with van der Waals surface area (Å²) >= 11 is 0. The zero-order valence-corrected chi connectivity index (χ0v) is 13.5. The van der Waals surface area contributed by atoms with Crippen molar-refractivity contribution in [3.63, 3.8) is 0 Å². The lowest BCUT2D eigenvalue weighted by Crippen LogP contribution is -2.54. The molecule has 21 heavy (non-hydrogen) atoms. The van der Waals surface area contributed by atoms with Gasteiger partial charge in [0, 0.05) is 33.7 Å². The lowest BCUT2D eigenvalue weighted by Gasteiger charge is -2.54. The summed E-state index contributed by atoms with van der Waals surface area (Å²) in [5, 5.41) is 3.89. The molecule has 0 aromatic carbocycles. The maximum absolute atomic E-state index is 4.52. The summed E-state index contributed by atoms with van der Waals surface area (Å²) in [5.41, 5.74) is 1.30. The normalized spacial score (nSPS) is 37.2. The molecule has 4 bridgehead atoms. The summed E-state index contributed by atoms with van der Waals surface area (Å²) in [4.78, 5) is 6.59. The molecule has 4 nitrogen and oxygen atoms in total. The Morgan fingerprint density at radius 1 is 1.14 bits per heavy atom. The molecule has 4 saturated carbocycles. The van der Waals surface area contributed by atoms with Crippen LogP contribution in [0.2, 0.25) is 0 Å². The Morgan fingerprint density at radius 3 is 2.29 bits per heavy atom. The summed E-state index contributed by atoms with van der Waals surface area (Å²) < 4.78 is 2.21. The Labute approximate surface area is 127 Å². The molecule has 1 heterocycles. The van der Waals surface area contributed by atoms with Crippen molar-refractivity contribution in [1.82, 2.24) is 14.9 Å². The Hall–Kier alpha value is -1.03. The van der Waals surface area contributed by atoms with Crippen molar-refractivity contribution in [2.45, 2.75) is 44.7 Å². The van der Waals surface area contributed by atoms with Gasteiger partial charge < -0.3 is 14.8 Å². The fraction of sp³-hybridized carbons (Fsp3) is 0.824. The maximum Gasteiger partial charge on any atom is 0.204 e. The number of hydrogen-bond acceptors (Lipinski definition) is 3. The summed E-state index contributed by atoms with van der Waals surface area (Å²) in [6, 6.07) is 0.760. The highest BCUT2D eigenvalue weighted by atomic mass is 15.3. The SMILES string of the molecule is CN(C)c1ncc(CNC2C3CC4CC(C3)CC2C4)n1C. The molecule has 4 aliphatic rings. The topological polar surface area (TPSA) is 33.1 Å². The van der Waals surface area contributed by atoms with E-state index in [1.54, 1.807) is 0 Å². The van der Waals surface area contributed by atoms with E-state index in [1.165, 1.54) is 37.8 Å². The van der Waals surface area contributed by atoms with Gasteiger partial charge in [-0.3, -0.25) is 0 Å². The van der Waals surface area contributed by atoms with Crippen molar-refractivity contribution >= 4 is 5.95 Å². The van der Waals surface area contributed by atoms with Gasteiger partial charge in [-0.2, -0.15) is 0 Å². The molecule has 0 unspecified atom stereocenters. The maximum atomic E-state index is 4.52. The van der Waals surface area contributed by atoms with Crippen LogP contribution in [0.5, 0.6) is 0 Å². The highest BCUT2D eigenvalue weighted by Gasteiger charge is 2.47. The van der Waals surface area contributed by atoms with Crippen LogP contribution in [0, 0.1) is 23.7 Å². The van der Waals surface area contributed by atoms with E-state index in [0.29, 0.717) is 0 Å². The van der Waals surface area contributed by atoms with Gasteiger partial charge in [0.2, 0.25) is 5.95 Å². The molecule has 116 valence electrons. The van der Waals surface area contributed by atoms with Crippen LogP contribution in [-0.4, -0.2) is 29.7 Å². The smallest absolute Gasteiger partial charge is 0.204 e. The lowest BCUT2D eigenvalue weighted by molar-refractivity contribution is -0.0144. The third kappa shape index (κ3) is 2.28. The van der Waals surface area contributed by atoms with Crippen molar-refractivity contribution in [2.24, 2.45) is 30.7 Å². The van der Waals surface area contributed by atoms with Crippen molar-refractivity contribution in [1.29, 1.82) is 0 Å². The van der Waals surface area contributed by atoms with E-state index < -0.39 is 0 Å². The van der Waals surface area contributed by atoms with Crippen molar-refractivity contribution in [2.75, 3.05) is 19.0 Å². The standard InChI is InChI=1S/C17H28N4/c1-20(2)17-19-10-15(21(17)3)9-18-16-13-5-11-4-12(7-13)8-14(16)6-11/h10-14,16,18H,4-9H2,1-3H3. The molecular formula is C17H28N4. The molecule has 1 N–H and O–H groups in total. The molecule has 0 saturated heterocycles. The predicted octanol–water partition coefficient (Wildman–Crippen LogP) is 2.40. The van der Waals surface area contributed by atoms with Gasteiger partial charge in [-0.25, -0.2) is 4.98 Å².